The van der Waals surface area contributed by atoms with Crippen LogP contribution in [-0.4, -0.2) is 38.9 Å². The van der Waals surface area contributed by atoms with E-state index < -0.39 is 0 Å². The number of hydrogen-bond donors (Lipinski definition) is 0. The minimum Gasteiger partial charge on any atom is -0.340 e. The molecule has 0 N–H and O–H groups in total. The molecule has 0 bridgehead atoms. The van der Waals surface area contributed by atoms with E-state index in [9.17, 15) is 4.79 Å². The number of likely N-dealkylation sites (tertiary alicyclic amines) is 1. The number of amides is 1. The third kappa shape index (κ3) is 3.32. The summed E-state index contributed by atoms with van der Waals surface area (Å²) in [7, 11) is 0. The first-order chi connectivity index (χ1) is 10.2. The lowest BCUT2D eigenvalue weighted by molar-refractivity contribution is -0.130. The van der Waals surface area contributed by atoms with Gasteiger partial charge in [0.2, 0.25) is 5.91 Å². The normalized spacial score (nSPS) is 18.1. The van der Waals surface area contributed by atoms with Gasteiger partial charge in [0, 0.05) is 30.2 Å². The van der Waals surface area contributed by atoms with Gasteiger partial charge in [0.25, 0.3) is 0 Å². The summed E-state index contributed by atoms with van der Waals surface area (Å²) in [6.07, 6.45) is 5.80. The minimum atomic E-state index is 0.216. The first kappa shape index (κ1) is 14.3. The van der Waals surface area contributed by atoms with Crippen LogP contribution in [0.4, 0.5) is 0 Å². The highest BCUT2D eigenvalue weighted by Crippen LogP contribution is 2.22. The van der Waals surface area contributed by atoms with Crippen molar-refractivity contribution in [1.82, 2.24) is 19.9 Å². The molecular formula is C15H17BrN4O. The van der Waals surface area contributed by atoms with Crippen LogP contribution in [0, 0.1) is 0 Å². The van der Waals surface area contributed by atoms with E-state index >= 15 is 0 Å². The van der Waals surface area contributed by atoms with Crippen molar-refractivity contribution >= 4 is 21.8 Å². The maximum absolute atomic E-state index is 12.3. The second kappa shape index (κ2) is 6.39. The van der Waals surface area contributed by atoms with E-state index in [0.717, 1.165) is 30.4 Å². The van der Waals surface area contributed by atoms with E-state index in [1.807, 2.05) is 34.0 Å². The molecule has 0 saturated carbocycles. The predicted molar refractivity (Wildman–Crippen MR) is 82.7 cm³/mol. The molecule has 5 nitrogen and oxygen atoms in total. The number of carbonyl (C=O) groups is 1. The van der Waals surface area contributed by atoms with Crippen LogP contribution >= 0.6 is 15.9 Å². The second-order valence-corrected chi connectivity index (χ2v) is 6.11. The van der Waals surface area contributed by atoms with Crippen molar-refractivity contribution in [2.75, 3.05) is 13.1 Å². The summed E-state index contributed by atoms with van der Waals surface area (Å²) in [4.78, 5) is 14.2. The van der Waals surface area contributed by atoms with E-state index in [4.69, 9.17) is 0 Å². The topological polar surface area (TPSA) is 51.0 Å². The van der Waals surface area contributed by atoms with Gasteiger partial charge in [-0.15, -0.1) is 5.10 Å². The second-order valence-electron chi connectivity index (χ2n) is 5.26. The molecule has 2 aromatic rings. The zero-order valence-corrected chi connectivity index (χ0v) is 13.2. The maximum Gasteiger partial charge on any atom is 0.222 e. The molecule has 110 valence electrons. The molecule has 0 unspecified atom stereocenters. The first-order valence-electron chi connectivity index (χ1n) is 7.11. The highest BCUT2D eigenvalue weighted by atomic mass is 79.9. The van der Waals surface area contributed by atoms with E-state index in [0.29, 0.717) is 6.42 Å². The summed E-state index contributed by atoms with van der Waals surface area (Å²) in [6.45, 7) is 1.54. The number of aryl methyl sites for hydroxylation is 1. The number of nitrogens with zero attached hydrogens (tertiary/aromatic N) is 4. The summed E-state index contributed by atoms with van der Waals surface area (Å²) < 4.78 is 2.92. The molecular weight excluding hydrogens is 332 g/mol. The number of carbonyl (C=O) groups excluding carboxylic acids is 1. The fourth-order valence-corrected chi connectivity index (χ4v) is 3.18. The van der Waals surface area contributed by atoms with Gasteiger partial charge in [-0.3, -0.25) is 4.79 Å². The van der Waals surface area contributed by atoms with Crippen molar-refractivity contribution < 1.29 is 4.79 Å². The third-order valence-corrected chi connectivity index (χ3v) is 4.67. The van der Waals surface area contributed by atoms with Crippen LogP contribution in [0.3, 0.4) is 0 Å². The SMILES string of the molecule is O=C(CCc1ccccc1Br)N1CC[C@@H](n2ccnn2)C1. The van der Waals surface area contributed by atoms with Crippen molar-refractivity contribution in [3.8, 4) is 0 Å². The van der Waals surface area contributed by atoms with Gasteiger partial charge in [-0.2, -0.15) is 0 Å². The van der Waals surface area contributed by atoms with Gasteiger partial charge in [0.15, 0.2) is 0 Å². The van der Waals surface area contributed by atoms with Crippen LogP contribution in [-0.2, 0) is 11.2 Å². The Morgan fingerprint density at radius 2 is 2.24 bits per heavy atom. The van der Waals surface area contributed by atoms with Crippen molar-refractivity contribution in [2.45, 2.75) is 25.3 Å². The van der Waals surface area contributed by atoms with E-state index in [1.54, 1.807) is 6.20 Å². The lowest BCUT2D eigenvalue weighted by Gasteiger charge is -2.16. The monoisotopic (exact) mass is 348 g/mol. The Morgan fingerprint density at radius 3 is 3.00 bits per heavy atom. The van der Waals surface area contributed by atoms with Crippen molar-refractivity contribution in [2.24, 2.45) is 0 Å². The summed E-state index contributed by atoms with van der Waals surface area (Å²) in [5.41, 5.74) is 1.18. The van der Waals surface area contributed by atoms with Crippen LogP contribution in [0.2, 0.25) is 0 Å². The van der Waals surface area contributed by atoms with Crippen molar-refractivity contribution in [3.05, 3.63) is 46.7 Å². The number of aromatic nitrogens is 3. The Kier molecular flexibility index (Phi) is 4.34. The molecule has 0 aliphatic carbocycles. The molecule has 1 saturated heterocycles. The largest absolute Gasteiger partial charge is 0.340 e. The Labute approximate surface area is 132 Å². The highest BCUT2D eigenvalue weighted by Gasteiger charge is 2.27. The van der Waals surface area contributed by atoms with Gasteiger partial charge in [-0.25, -0.2) is 4.68 Å². The van der Waals surface area contributed by atoms with E-state index in [-0.39, 0.29) is 11.9 Å². The molecule has 1 amide bonds. The molecule has 21 heavy (non-hydrogen) atoms. The number of rotatable bonds is 4. The fraction of sp³-hybridized carbons (Fsp3) is 0.400. The number of benzene rings is 1. The van der Waals surface area contributed by atoms with Crippen LogP contribution < -0.4 is 0 Å². The van der Waals surface area contributed by atoms with Gasteiger partial charge in [0.05, 0.1) is 12.2 Å². The lowest BCUT2D eigenvalue weighted by atomic mass is 10.1. The molecule has 3 rings (SSSR count). The smallest absolute Gasteiger partial charge is 0.222 e. The Bertz CT molecular complexity index is 614. The molecule has 1 aliphatic rings. The zero-order chi connectivity index (χ0) is 14.7. The molecule has 1 atom stereocenters. The van der Waals surface area contributed by atoms with Gasteiger partial charge in [-0.1, -0.05) is 39.3 Å². The van der Waals surface area contributed by atoms with Gasteiger partial charge < -0.3 is 4.90 Å². The quantitative estimate of drug-likeness (QED) is 0.852. The van der Waals surface area contributed by atoms with Crippen LogP contribution in [0.1, 0.15) is 24.4 Å². The molecule has 1 aromatic carbocycles. The molecule has 0 radical (unpaired) electrons. The summed E-state index contributed by atoms with van der Waals surface area (Å²) in [5.74, 6) is 0.216. The number of halogens is 1. The summed E-state index contributed by atoms with van der Waals surface area (Å²) in [6, 6.07) is 8.32. The van der Waals surface area contributed by atoms with Crippen LogP contribution in [0.25, 0.3) is 0 Å². The van der Waals surface area contributed by atoms with E-state index in [2.05, 4.69) is 32.3 Å². The Morgan fingerprint density at radius 1 is 1.38 bits per heavy atom. The van der Waals surface area contributed by atoms with Crippen molar-refractivity contribution in [1.29, 1.82) is 0 Å². The average molecular weight is 349 g/mol. The maximum atomic E-state index is 12.3. The van der Waals surface area contributed by atoms with E-state index in [1.165, 1.54) is 5.56 Å². The lowest BCUT2D eigenvalue weighted by Crippen LogP contribution is -2.29. The summed E-state index contributed by atoms with van der Waals surface area (Å²) in [5, 5.41) is 7.85. The predicted octanol–water partition coefficient (Wildman–Crippen LogP) is 2.45. The Balaban J connectivity index is 1.54. The zero-order valence-electron chi connectivity index (χ0n) is 11.7. The van der Waals surface area contributed by atoms with Gasteiger partial charge in [0.1, 0.15) is 0 Å². The van der Waals surface area contributed by atoms with Gasteiger partial charge in [-0.05, 0) is 24.5 Å². The summed E-state index contributed by atoms with van der Waals surface area (Å²) >= 11 is 3.52. The molecule has 6 heteroatoms. The molecule has 2 heterocycles. The van der Waals surface area contributed by atoms with Crippen LogP contribution in [0.15, 0.2) is 41.1 Å². The highest BCUT2D eigenvalue weighted by molar-refractivity contribution is 9.10. The standard InChI is InChI=1S/C15H17BrN4O/c16-14-4-2-1-3-12(14)5-6-15(21)19-9-7-13(11-19)20-10-8-17-18-20/h1-4,8,10,13H,5-7,9,11H2/t13-/m1/s1. The average Bonchev–Trinajstić information content (AvgIpc) is 3.16. The minimum absolute atomic E-state index is 0.216. The molecule has 0 spiro atoms. The Hall–Kier alpha value is -1.69. The number of hydrogen-bond acceptors (Lipinski definition) is 3. The van der Waals surface area contributed by atoms with Crippen LogP contribution in [0.5, 0.6) is 0 Å². The molecule has 1 fully saturated rings. The molecule has 1 aliphatic heterocycles. The first-order valence-corrected chi connectivity index (χ1v) is 7.90. The van der Waals surface area contributed by atoms with Crippen molar-refractivity contribution in [3.63, 3.8) is 0 Å². The van der Waals surface area contributed by atoms with Gasteiger partial charge >= 0.3 is 0 Å². The fourth-order valence-electron chi connectivity index (χ4n) is 2.70. The molecule has 1 aromatic heterocycles. The third-order valence-electron chi connectivity index (χ3n) is 3.90.